The highest BCUT2D eigenvalue weighted by Crippen LogP contribution is 2.42. The number of fused-ring (bicyclic) bond motifs is 1. The molecule has 4 aromatic rings. The summed E-state index contributed by atoms with van der Waals surface area (Å²) in [5.74, 6) is -1.23. The number of nitrogens with two attached hydrogens (primary N) is 2. The molecule has 34 heavy (non-hydrogen) atoms. The second-order valence-electron chi connectivity index (χ2n) is 8.68. The lowest BCUT2D eigenvalue weighted by molar-refractivity contribution is -0.128. The summed E-state index contributed by atoms with van der Waals surface area (Å²) < 4.78 is 29.7. The molecule has 1 saturated carbocycles. The van der Waals surface area contributed by atoms with E-state index in [2.05, 4.69) is 25.4 Å². The predicted molar refractivity (Wildman–Crippen MR) is 123 cm³/mol. The molecular formula is C23H22F2N8O. The third-order valence-electron chi connectivity index (χ3n) is 6.25. The zero-order valence-electron chi connectivity index (χ0n) is 18.3. The molecule has 5 N–H and O–H groups in total. The van der Waals surface area contributed by atoms with Crippen molar-refractivity contribution in [3.05, 3.63) is 53.7 Å². The Hall–Kier alpha value is -4.15. The van der Waals surface area contributed by atoms with Gasteiger partial charge in [0.25, 0.3) is 0 Å². The number of anilines is 3. The van der Waals surface area contributed by atoms with E-state index in [4.69, 9.17) is 11.5 Å². The number of carbonyl (C=O) groups excluding carboxylic acids is 1. The third-order valence-corrected chi connectivity index (χ3v) is 6.25. The normalized spacial score (nSPS) is 14.7. The molecule has 0 spiro atoms. The Kier molecular flexibility index (Phi) is 5.11. The van der Waals surface area contributed by atoms with E-state index in [0.29, 0.717) is 16.6 Å². The largest absolute Gasteiger partial charge is 0.382 e. The Balaban J connectivity index is 1.55. The van der Waals surface area contributed by atoms with Gasteiger partial charge in [0.15, 0.2) is 23.1 Å². The summed E-state index contributed by atoms with van der Waals surface area (Å²) in [5.41, 5.74) is 12.8. The number of hydrogen-bond acceptors (Lipinski definition) is 7. The summed E-state index contributed by atoms with van der Waals surface area (Å²) in [6, 6.07) is 7.50. The number of aromatic nitrogens is 5. The van der Waals surface area contributed by atoms with Gasteiger partial charge in [-0.15, -0.1) is 0 Å². The van der Waals surface area contributed by atoms with Crippen LogP contribution in [0.3, 0.4) is 0 Å². The average molecular weight is 464 g/mol. The maximum Gasteiger partial charge on any atom is 0.230 e. The van der Waals surface area contributed by atoms with Crippen LogP contribution in [0.5, 0.6) is 0 Å². The van der Waals surface area contributed by atoms with Crippen molar-refractivity contribution in [3.8, 4) is 11.5 Å². The van der Waals surface area contributed by atoms with Crippen LogP contribution in [0.2, 0.25) is 0 Å². The summed E-state index contributed by atoms with van der Waals surface area (Å²) in [4.78, 5) is 25.3. The fourth-order valence-corrected chi connectivity index (χ4v) is 4.03. The highest BCUT2D eigenvalue weighted by atomic mass is 19.1. The number of nitrogens with one attached hydrogen (secondary N) is 1. The van der Waals surface area contributed by atoms with Crippen molar-refractivity contribution in [2.45, 2.75) is 32.7 Å². The molecule has 3 aromatic heterocycles. The van der Waals surface area contributed by atoms with Crippen LogP contribution in [-0.4, -0.2) is 30.6 Å². The number of halogens is 2. The quantitative estimate of drug-likeness (QED) is 0.411. The monoisotopic (exact) mass is 464 g/mol. The van der Waals surface area contributed by atoms with Crippen molar-refractivity contribution >= 4 is 34.3 Å². The predicted octanol–water partition coefficient (Wildman–Crippen LogP) is 3.51. The van der Waals surface area contributed by atoms with Crippen molar-refractivity contribution in [1.82, 2.24) is 24.7 Å². The first-order valence-corrected chi connectivity index (χ1v) is 10.8. The lowest BCUT2D eigenvalue weighted by Gasteiger charge is -2.36. The number of nitrogens with zero attached hydrogens (tertiary/aromatic N) is 5. The first-order chi connectivity index (χ1) is 16.2. The van der Waals surface area contributed by atoms with Gasteiger partial charge in [0.05, 0.1) is 18.1 Å². The molecule has 11 heteroatoms. The number of hydrogen-bond donors (Lipinski definition) is 3. The van der Waals surface area contributed by atoms with Gasteiger partial charge >= 0.3 is 0 Å². The molecule has 0 saturated heterocycles. The van der Waals surface area contributed by atoms with E-state index in [0.717, 1.165) is 25.5 Å². The lowest BCUT2D eigenvalue weighted by atomic mass is 9.70. The fraction of sp³-hybridized carbons (Fsp3) is 0.261. The van der Waals surface area contributed by atoms with E-state index in [1.54, 1.807) is 18.2 Å². The van der Waals surface area contributed by atoms with Crippen LogP contribution in [0.15, 0.2) is 36.5 Å². The molecule has 9 nitrogen and oxygen atoms in total. The molecule has 0 aliphatic heterocycles. The van der Waals surface area contributed by atoms with Gasteiger partial charge in [0, 0.05) is 11.0 Å². The van der Waals surface area contributed by atoms with Crippen LogP contribution < -0.4 is 16.8 Å². The Labute approximate surface area is 193 Å². The van der Waals surface area contributed by atoms with Crippen molar-refractivity contribution in [2.75, 3.05) is 16.8 Å². The fourth-order valence-electron chi connectivity index (χ4n) is 4.03. The summed E-state index contributed by atoms with van der Waals surface area (Å²) in [6.45, 7) is 1.93. The minimum Gasteiger partial charge on any atom is -0.382 e. The van der Waals surface area contributed by atoms with Gasteiger partial charge in [-0.05, 0) is 25.0 Å². The van der Waals surface area contributed by atoms with Crippen LogP contribution >= 0.6 is 0 Å². The Bertz CT molecular complexity index is 1410. The van der Waals surface area contributed by atoms with Gasteiger partial charge in [0.2, 0.25) is 5.91 Å². The zero-order valence-corrected chi connectivity index (χ0v) is 18.3. The standard InChI is InChI=1S/C23H22F2N8O/c1-23(7-4-8-23)22(34)29-17-18(26)30-20(31-19(17)27)16-14-9-13(24)10-28-21(14)33(32-16)11-12-5-2-3-6-15(12)25/h2-3,5-6,9-10H,4,7-8,11H2,1H3,(H,29,34)(H4,26,27,30,31). The number of nitrogen functional groups attached to an aromatic ring is 2. The smallest absolute Gasteiger partial charge is 0.230 e. The highest BCUT2D eigenvalue weighted by molar-refractivity contribution is 6.00. The number of rotatable bonds is 5. The lowest BCUT2D eigenvalue weighted by Crippen LogP contribution is -2.39. The van der Waals surface area contributed by atoms with Crippen LogP contribution in [0.1, 0.15) is 31.7 Å². The summed E-state index contributed by atoms with van der Waals surface area (Å²) in [5, 5.41) is 7.52. The van der Waals surface area contributed by atoms with Gasteiger partial charge in [-0.1, -0.05) is 31.5 Å². The molecule has 0 atom stereocenters. The van der Waals surface area contributed by atoms with Crippen LogP contribution in [0.25, 0.3) is 22.6 Å². The van der Waals surface area contributed by atoms with Gasteiger partial charge in [-0.25, -0.2) is 28.4 Å². The molecule has 1 aliphatic rings. The zero-order chi connectivity index (χ0) is 24.0. The first kappa shape index (κ1) is 21.7. The molecule has 1 aromatic carbocycles. The molecule has 5 rings (SSSR count). The minimum absolute atomic E-state index is 0.0348. The number of benzene rings is 1. The van der Waals surface area contributed by atoms with Gasteiger partial charge in [0.1, 0.15) is 23.0 Å². The van der Waals surface area contributed by atoms with E-state index in [1.165, 1.54) is 16.8 Å². The molecule has 1 amide bonds. The van der Waals surface area contributed by atoms with E-state index < -0.39 is 17.0 Å². The van der Waals surface area contributed by atoms with Gasteiger partial charge in [-0.3, -0.25) is 4.79 Å². The molecule has 0 radical (unpaired) electrons. The van der Waals surface area contributed by atoms with Gasteiger partial charge < -0.3 is 16.8 Å². The molecule has 0 unspecified atom stereocenters. The molecule has 0 bridgehead atoms. The topological polar surface area (TPSA) is 138 Å². The molecular weight excluding hydrogens is 442 g/mol. The van der Waals surface area contributed by atoms with E-state index in [-0.39, 0.29) is 41.3 Å². The Morgan fingerprint density at radius 3 is 2.53 bits per heavy atom. The Morgan fingerprint density at radius 1 is 1.18 bits per heavy atom. The number of amides is 1. The summed E-state index contributed by atoms with van der Waals surface area (Å²) in [6.07, 6.45) is 3.59. The van der Waals surface area contributed by atoms with Crippen molar-refractivity contribution in [2.24, 2.45) is 5.41 Å². The van der Waals surface area contributed by atoms with Crippen molar-refractivity contribution in [3.63, 3.8) is 0 Å². The highest BCUT2D eigenvalue weighted by Gasteiger charge is 2.39. The summed E-state index contributed by atoms with van der Waals surface area (Å²) >= 11 is 0. The summed E-state index contributed by atoms with van der Waals surface area (Å²) in [7, 11) is 0. The molecule has 174 valence electrons. The maximum absolute atomic E-state index is 14.2. The minimum atomic E-state index is -0.585. The van der Waals surface area contributed by atoms with E-state index in [1.807, 2.05) is 6.92 Å². The van der Waals surface area contributed by atoms with E-state index in [9.17, 15) is 13.6 Å². The molecule has 1 aliphatic carbocycles. The molecule has 1 fully saturated rings. The van der Waals surface area contributed by atoms with Crippen LogP contribution in [0, 0.1) is 17.0 Å². The maximum atomic E-state index is 14.2. The van der Waals surface area contributed by atoms with Crippen molar-refractivity contribution in [1.29, 1.82) is 0 Å². The third kappa shape index (κ3) is 3.68. The van der Waals surface area contributed by atoms with Crippen molar-refractivity contribution < 1.29 is 13.6 Å². The molecule has 3 heterocycles. The van der Waals surface area contributed by atoms with Crippen LogP contribution in [0.4, 0.5) is 26.1 Å². The second kappa shape index (κ2) is 8.01. The van der Waals surface area contributed by atoms with Gasteiger partial charge in [-0.2, -0.15) is 5.10 Å². The average Bonchev–Trinajstić information content (AvgIpc) is 3.13. The Morgan fingerprint density at radius 2 is 1.88 bits per heavy atom. The number of pyridine rings is 1. The number of carbonyl (C=O) groups is 1. The SMILES string of the molecule is CC1(C(=O)Nc2c(N)nc(-c3nn(Cc4ccccc4F)c4ncc(F)cc34)nc2N)CCC1. The van der Waals surface area contributed by atoms with E-state index >= 15 is 0 Å². The second-order valence-corrected chi connectivity index (χ2v) is 8.68. The first-order valence-electron chi connectivity index (χ1n) is 10.8. The van der Waals surface area contributed by atoms with Crippen LogP contribution in [-0.2, 0) is 11.3 Å².